The molecule has 2 rings (SSSR count). The zero-order chi connectivity index (χ0) is 12.6. The number of hydrogen-bond donors (Lipinski definition) is 1. The van der Waals surface area contributed by atoms with Crippen molar-refractivity contribution in [3.8, 4) is 0 Å². The van der Waals surface area contributed by atoms with Crippen molar-refractivity contribution in [2.75, 3.05) is 5.73 Å². The minimum Gasteiger partial charge on any atom is -0.394 e. The summed E-state index contributed by atoms with van der Waals surface area (Å²) in [6.45, 7) is 2.44. The van der Waals surface area contributed by atoms with E-state index in [2.05, 4.69) is 5.10 Å². The van der Waals surface area contributed by atoms with E-state index >= 15 is 0 Å². The Labute approximate surface area is 103 Å². The molecule has 0 fully saturated rings. The van der Waals surface area contributed by atoms with Gasteiger partial charge >= 0.3 is 0 Å². The molecule has 0 saturated heterocycles. The summed E-state index contributed by atoms with van der Waals surface area (Å²) < 4.78 is 3.44. The smallest absolute Gasteiger partial charge is 0.204 e. The zero-order valence-electron chi connectivity index (χ0n) is 9.64. The van der Waals surface area contributed by atoms with Crippen molar-refractivity contribution in [1.29, 1.82) is 0 Å². The molecule has 17 heavy (non-hydrogen) atoms. The number of anilines is 1. The van der Waals surface area contributed by atoms with Crippen molar-refractivity contribution >= 4 is 17.3 Å². The lowest BCUT2D eigenvalue weighted by Gasteiger charge is -2.06. The summed E-state index contributed by atoms with van der Waals surface area (Å²) in [6, 6.07) is 1.44. The first-order valence-corrected chi connectivity index (χ1v) is 5.50. The fraction of sp³-hybridized carbons (Fsp3) is 0.273. The monoisotopic (exact) mass is 252 g/mol. The van der Waals surface area contributed by atoms with Crippen LogP contribution in [-0.2, 0) is 13.6 Å². The molecule has 0 aliphatic heterocycles. The van der Waals surface area contributed by atoms with Gasteiger partial charge in [-0.2, -0.15) is 5.10 Å². The molecule has 0 bridgehead atoms. The maximum Gasteiger partial charge on any atom is 0.204 e. The third kappa shape index (κ3) is 2.19. The Morgan fingerprint density at radius 2 is 2.24 bits per heavy atom. The van der Waals surface area contributed by atoms with Gasteiger partial charge < -0.3 is 10.3 Å². The molecule has 2 aromatic heterocycles. The van der Waals surface area contributed by atoms with Crippen LogP contribution in [0.1, 0.15) is 11.3 Å². The molecule has 5 nitrogen and oxygen atoms in total. The fourth-order valence-corrected chi connectivity index (χ4v) is 1.91. The average Bonchev–Trinajstić information content (AvgIpc) is 2.50. The highest BCUT2D eigenvalue weighted by molar-refractivity contribution is 6.30. The van der Waals surface area contributed by atoms with Gasteiger partial charge in [-0.05, 0) is 6.92 Å². The van der Waals surface area contributed by atoms with Crippen LogP contribution in [0.4, 0.5) is 5.69 Å². The van der Waals surface area contributed by atoms with E-state index in [1.165, 1.54) is 6.07 Å². The van der Waals surface area contributed by atoms with Crippen molar-refractivity contribution in [2.45, 2.75) is 13.5 Å². The largest absolute Gasteiger partial charge is 0.394 e. The molecule has 0 radical (unpaired) electrons. The molecule has 0 aliphatic carbocycles. The predicted molar refractivity (Wildman–Crippen MR) is 67.2 cm³/mol. The molecular formula is C11H13ClN4O. The Balaban J connectivity index is 2.37. The molecule has 0 aromatic carbocycles. The number of hydrogen-bond acceptors (Lipinski definition) is 3. The van der Waals surface area contributed by atoms with Gasteiger partial charge in [0.25, 0.3) is 0 Å². The predicted octanol–water partition coefficient (Wildman–Crippen LogP) is 1.17. The Kier molecular flexibility index (Phi) is 2.93. The van der Waals surface area contributed by atoms with Crippen molar-refractivity contribution in [3.63, 3.8) is 0 Å². The number of halogens is 1. The molecule has 2 aromatic rings. The highest BCUT2D eigenvalue weighted by Gasteiger charge is 2.11. The number of nitrogens with two attached hydrogens (primary N) is 1. The Morgan fingerprint density at radius 3 is 2.76 bits per heavy atom. The summed E-state index contributed by atoms with van der Waals surface area (Å²) in [6.07, 6.45) is 3.28. The van der Waals surface area contributed by atoms with Crippen molar-refractivity contribution in [2.24, 2.45) is 7.05 Å². The topological polar surface area (TPSA) is 65.8 Å². The van der Waals surface area contributed by atoms with E-state index in [-0.39, 0.29) is 11.1 Å². The molecular weight excluding hydrogens is 240 g/mol. The number of aryl methyl sites for hydroxylation is 2. The zero-order valence-corrected chi connectivity index (χ0v) is 10.4. The maximum atomic E-state index is 11.2. The second-order valence-electron chi connectivity index (χ2n) is 3.92. The van der Waals surface area contributed by atoms with E-state index < -0.39 is 0 Å². The lowest BCUT2D eigenvalue weighted by molar-refractivity contribution is 0.756. The molecule has 0 amide bonds. The summed E-state index contributed by atoms with van der Waals surface area (Å²) in [7, 11) is 1.79. The van der Waals surface area contributed by atoms with Crippen LogP contribution in [-0.4, -0.2) is 14.3 Å². The minimum atomic E-state index is -0.171. The van der Waals surface area contributed by atoms with E-state index in [9.17, 15) is 4.79 Å². The minimum absolute atomic E-state index is 0.171. The van der Waals surface area contributed by atoms with Crippen LogP contribution in [0.3, 0.4) is 0 Å². The Morgan fingerprint density at radius 1 is 1.53 bits per heavy atom. The first-order valence-electron chi connectivity index (χ1n) is 5.12. The van der Waals surface area contributed by atoms with E-state index in [1.54, 1.807) is 24.1 Å². The normalized spacial score (nSPS) is 10.8. The number of rotatable bonds is 2. The van der Waals surface area contributed by atoms with Crippen LogP contribution >= 0.6 is 11.6 Å². The molecule has 0 saturated carbocycles. The van der Waals surface area contributed by atoms with Crippen LogP contribution in [0.25, 0.3) is 0 Å². The van der Waals surface area contributed by atoms with Crippen molar-refractivity contribution < 1.29 is 0 Å². The van der Waals surface area contributed by atoms with Crippen LogP contribution in [0.15, 0.2) is 23.3 Å². The molecule has 0 aliphatic rings. The third-order valence-electron chi connectivity index (χ3n) is 2.62. The second-order valence-corrected chi connectivity index (χ2v) is 4.27. The van der Waals surface area contributed by atoms with Crippen LogP contribution in [0.5, 0.6) is 0 Å². The summed E-state index contributed by atoms with van der Waals surface area (Å²) in [4.78, 5) is 11.2. The molecule has 0 unspecified atom stereocenters. The first kappa shape index (κ1) is 11.7. The van der Waals surface area contributed by atoms with Gasteiger partial charge in [-0.15, -0.1) is 0 Å². The van der Waals surface area contributed by atoms with Gasteiger partial charge in [0, 0.05) is 31.1 Å². The Bertz CT molecular complexity index is 614. The van der Waals surface area contributed by atoms with Crippen LogP contribution in [0, 0.1) is 6.92 Å². The Hall–Kier alpha value is -1.75. The highest BCUT2D eigenvalue weighted by Crippen LogP contribution is 2.19. The van der Waals surface area contributed by atoms with Gasteiger partial charge in [-0.3, -0.25) is 9.48 Å². The van der Waals surface area contributed by atoms with Crippen molar-refractivity contribution in [1.82, 2.24) is 14.3 Å². The highest BCUT2D eigenvalue weighted by atomic mass is 35.5. The third-order valence-corrected chi connectivity index (χ3v) is 3.09. The van der Waals surface area contributed by atoms with Crippen LogP contribution < -0.4 is 11.2 Å². The SMILES string of the molecule is Cc1nn(C)c(Cl)c1Cn1ccc(=O)c(N)c1. The van der Waals surface area contributed by atoms with E-state index in [4.69, 9.17) is 17.3 Å². The van der Waals surface area contributed by atoms with Gasteiger partial charge in [-0.1, -0.05) is 11.6 Å². The first-order chi connectivity index (χ1) is 7.99. The number of pyridine rings is 1. The standard InChI is InChI=1S/C11H13ClN4O/c1-7-8(11(12)15(2)14-7)5-16-4-3-10(17)9(13)6-16/h3-4,6H,5,13H2,1-2H3. The number of aromatic nitrogens is 3. The number of nitrogen functional groups attached to an aromatic ring is 1. The van der Waals surface area contributed by atoms with Gasteiger partial charge in [0.1, 0.15) is 5.15 Å². The lowest BCUT2D eigenvalue weighted by Crippen LogP contribution is -2.11. The molecule has 90 valence electrons. The summed E-state index contributed by atoms with van der Waals surface area (Å²) in [5, 5.41) is 4.82. The molecule has 0 spiro atoms. The van der Waals surface area contributed by atoms with Crippen molar-refractivity contribution in [3.05, 3.63) is 45.1 Å². The van der Waals surface area contributed by atoms with Gasteiger partial charge in [0.05, 0.1) is 17.9 Å². The molecule has 0 atom stereocenters. The maximum absolute atomic E-state index is 11.2. The van der Waals surface area contributed by atoms with E-state index in [0.717, 1.165) is 11.3 Å². The van der Waals surface area contributed by atoms with E-state index in [1.807, 2.05) is 11.5 Å². The molecule has 2 N–H and O–H groups in total. The average molecular weight is 253 g/mol. The second kappa shape index (κ2) is 4.25. The van der Waals surface area contributed by atoms with Crippen LogP contribution in [0.2, 0.25) is 5.15 Å². The summed E-state index contributed by atoms with van der Waals surface area (Å²) in [5.74, 6) is 0. The van der Waals surface area contributed by atoms with E-state index in [0.29, 0.717) is 11.7 Å². The molecule has 2 heterocycles. The lowest BCUT2D eigenvalue weighted by atomic mass is 10.2. The van der Waals surface area contributed by atoms with Gasteiger partial charge in [0.2, 0.25) is 5.43 Å². The van der Waals surface area contributed by atoms with Gasteiger partial charge in [0.15, 0.2) is 0 Å². The summed E-state index contributed by atoms with van der Waals surface area (Å²) >= 11 is 6.13. The fourth-order valence-electron chi connectivity index (χ4n) is 1.68. The quantitative estimate of drug-likeness (QED) is 0.873. The molecule has 6 heteroatoms. The summed E-state index contributed by atoms with van der Waals surface area (Å²) in [5.41, 5.74) is 7.42. The number of nitrogens with zero attached hydrogens (tertiary/aromatic N) is 3. The van der Waals surface area contributed by atoms with Gasteiger partial charge in [-0.25, -0.2) is 0 Å².